The number of nitrogens with zero attached hydrogens (tertiary/aromatic N) is 2. The number of fused-ring (bicyclic) bond motifs is 23. The van der Waals surface area contributed by atoms with Gasteiger partial charge in [0.25, 0.3) is 0 Å². The minimum Gasteiger partial charge on any atom is -0.309 e. The number of rotatable bonds is 6. The second kappa shape index (κ2) is 19.5. The van der Waals surface area contributed by atoms with Gasteiger partial charge in [0.2, 0.25) is 0 Å². The molecule has 0 aliphatic heterocycles. The molecule has 2 aliphatic carbocycles. The van der Waals surface area contributed by atoms with E-state index in [2.05, 4.69) is 337 Å². The van der Waals surface area contributed by atoms with Crippen LogP contribution in [0.15, 0.2) is 328 Å². The minimum atomic E-state index is 1.16. The Morgan fingerprint density at radius 1 is 0.167 bits per heavy atom. The van der Waals surface area contributed by atoms with Crippen LogP contribution >= 0.6 is 0 Å². The van der Waals surface area contributed by atoms with Crippen LogP contribution < -0.4 is 0 Å². The van der Waals surface area contributed by atoms with Crippen molar-refractivity contribution in [1.82, 2.24) is 9.13 Å². The van der Waals surface area contributed by atoms with Crippen LogP contribution in [0.3, 0.4) is 0 Å². The summed E-state index contributed by atoms with van der Waals surface area (Å²) in [6.07, 6.45) is 0. The van der Waals surface area contributed by atoms with Crippen molar-refractivity contribution in [2.24, 2.45) is 0 Å². The molecule has 0 unspecified atom stereocenters. The van der Waals surface area contributed by atoms with E-state index in [1.807, 2.05) is 0 Å². The van der Waals surface area contributed by atoms with Gasteiger partial charge in [-0.1, -0.05) is 261 Å². The summed E-state index contributed by atoms with van der Waals surface area (Å²) in [5.41, 5.74) is 24.7. The summed E-state index contributed by atoms with van der Waals surface area (Å²) in [6, 6.07) is 123. The lowest BCUT2D eigenvalue weighted by Crippen LogP contribution is -1.96. The highest BCUT2D eigenvalue weighted by Crippen LogP contribution is 2.57. The molecule has 0 amide bonds. The van der Waals surface area contributed by atoms with Crippen molar-refractivity contribution in [1.29, 1.82) is 0 Å². The lowest BCUT2D eigenvalue weighted by Gasteiger charge is -2.16. The molecule has 0 radical (unpaired) electrons. The van der Waals surface area contributed by atoms with Crippen LogP contribution in [0.4, 0.5) is 0 Å². The second-order valence-electron chi connectivity index (χ2n) is 26.5. The van der Waals surface area contributed by atoms with E-state index in [9.17, 15) is 0 Å². The Hall–Kier alpha value is -12.6. The number of hydrogen-bond donors (Lipinski definition) is 0. The highest BCUT2D eigenvalue weighted by atomic mass is 15.0. The Bertz CT molecular complexity index is 6820. The molecule has 440 valence electrons. The Morgan fingerprint density at radius 2 is 0.542 bits per heavy atom. The van der Waals surface area contributed by atoms with Gasteiger partial charge in [-0.15, -0.1) is 0 Å². The van der Waals surface area contributed by atoms with Crippen molar-refractivity contribution < 1.29 is 0 Å². The smallest absolute Gasteiger partial charge is 0.0626 e. The molecule has 0 saturated heterocycles. The number of para-hydroxylation sites is 1. The molecule has 18 aromatic carbocycles. The molecule has 20 aromatic rings. The zero-order chi connectivity index (χ0) is 62.4. The summed E-state index contributed by atoms with van der Waals surface area (Å²) in [5, 5.41) is 25.5. The molecular weight excluding hydrogens is 1160 g/mol. The summed E-state index contributed by atoms with van der Waals surface area (Å²) in [4.78, 5) is 0. The molecule has 0 atom stereocenters. The monoisotopic (exact) mass is 1210 g/mol. The first-order valence-corrected chi connectivity index (χ1v) is 33.5. The molecule has 2 nitrogen and oxygen atoms in total. The van der Waals surface area contributed by atoms with Gasteiger partial charge in [0.05, 0.1) is 22.4 Å². The van der Waals surface area contributed by atoms with Gasteiger partial charge in [0.15, 0.2) is 0 Å². The van der Waals surface area contributed by atoms with Crippen LogP contribution in [0.2, 0.25) is 0 Å². The minimum absolute atomic E-state index is 1.16. The fourth-order valence-corrected chi connectivity index (χ4v) is 17.5. The van der Waals surface area contributed by atoms with E-state index in [0.29, 0.717) is 0 Å². The summed E-state index contributed by atoms with van der Waals surface area (Å²) >= 11 is 0. The average Bonchev–Trinajstić information content (AvgIpc) is 1.53. The molecule has 2 heterocycles. The zero-order valence-corrected chi connectivity index (χ0v) is 52.1. The number of benzene rings is 18. The quantitative estimate of drug-likeness (QED) is 0.147. The van der Waals surface area contributed by atoms with Crippen molar-refractivity contribution in [2.75, 3.05) is 0 Å². The van der Waals surface area contributed by atoms with Crippen molar-refractivity contribution in [3.63, 3.8) is 0 Å². The van der Waals surface area contributed by atoms with Crippen molar-refractivity contribution in [3.05, 3.63) is 328 Å². The standard InChI is InChI=1S/C94H54N2/c1-2-19-65(20-3-1)95-87-47-39-61(52-85(87)91-78-28-12-17-58-18-13-29-80(89(58)78)93(91)95)57-33-31-56(32-34-57)60-36-42-75-71-24-9-11-26-73(71)84-54-64(38-44-76(84)83(75)50-60)67-45-46-79-90-77(67)27-14-30-81(90)94-92(79)86-53-63(40-48-88(86)96(94)66-41-35-55-15-4-5-16-59(55)49-66)62-37-43-74-70-23-7-6-21-68(70)69-22-8-10-25-72(69)82(74)51-62/h1-54H. The SMILES string of the molecule is c1ccc(-n2c3c(c4cc(-c5ccc(-c6ccc7c8ccccc8c8cc(-c9ccc%10c%11c(cccc9%11)-c9c-%10c%10cc(-c%11ccc%12c%13ccccc%13c%13ccccc%13c%12c%11)ccc%10n9-c9ccc%10ccccc%10c9)ccc8c7c6)cc5)ccc42)-c2cccc4cccc-3c24)cc1. The molecule has 0 spiro atoms. The number of hydrogen-bond acceptors (Lipinski definition) is 0. The van der Waals surface area contributed by atoms with Crippen LogP contribution in [0.5, 0.6) is 0 Å². The molecule has 96 heavy (non-hydrogen) atoms. The molecular formula is C94H54N2. The third kappa shape index (κ3) is 7.19. The Balaban J connectivity index is 0.663. The van der Waals surface area contributed by atoms with E-state index in [4.69, 9.17) is 0 Å². The van der Waals surface area contributed by atoms with Crippen LogP contribution in [0.25, 0.3) is 219 Å². The first kappa shape index (κ1) is 51.9. The van der Waals surface area contributed by atoms with E-state index in [1.165, 1.54) is 214 Å². The van der Waals surface area contributed by atoms with E-state index < -0.39 is 0 Å². The maximum atomic E-state index is 2.54. The van der Waals surface area contributed by atoms with Gasteiger partial charge < -0.3 is 9.13 Å². The predicted octanol–water partition coefficient (Wildman–Crippen LogP) is 25.9. The fraction of sp³-hybridized carbons (Fsp3) is 0. The molecule has 2 aromatic heterocycles. The normalized spacial score (nSPS) is 12.4. The van der Waals surface area contributed by atoms with E-state index in [-0.39, 0.29) is 0 Å². The number of aromatic nitrogens is 2. The molecule has 0 fully saturated rings. The summed E-state index contributed by atoms with van der Waals surface area (Å²) in [5.74, 6) is 0. The lowest BCUT2D eigenvalue weighted by atomic mass is 9.88. The molecule has 2 aliphatic rings. The predicted molar refractivity (Wildman–Crippen MR) is 408 cm³/mol. The third-order valence-electron chi connectivity index (χ3n) is 21.7. The van der Waals surface area contributed by atoms with Crippen LogP contribution in [0, 0.1) is 0 Å². The van der Waals surface area contributed by atoms with Crippen LogP contribution in [0.1, 0.15) is 0 Å². The summed E-state index contributed by atoms with van der Waals surface area (Å²) < 4.78 is 5.01. The summed E-state index contributed by atoms with van der Waals surface area (Å²) in [6.45, 7) is 0. The first-order chi connectivity index (χ1) is 47.6. The van der Waals surface area contributed by atoms with Gasteiger partial charge >= 0.3 is 0 Å². The molecule has 2 heteroatoms. The van der Waals surface area contributed by atoms with Crippen molar-refractivity contribution in [3.8, 4) is 101 Å². The van der Waals surface area contributed by atoms with Gasteiger partial charge in [-0.2, -0.15) is 0 Å². The maximum absolute atomic E-state index is 2.54. The van der Waals surface area contributed by atoms with Gasteiger partial charge in [-0.25, -0.2) is 0 Å². The lowest BCUT2D eigenvalue weighted by molar-refractivity contribution is 1.14. The summed E-state index contributed by atoms with van der Waals surface area (Å²) in [7, 11) is 0. The van der Waals surface area contributed by atoms with E-state index in [0.717, 1.165) is 5.69 Å². The Morgan fingerprint density at radius 3 is 1.12 bits per heavy atom. The van der Waals surface area contributed by atoms with Crippen LogP contribution in [-0.2, 0) is 0 Å². The van der Waals surface area contributed by atoms with Gasteiger partial charge in [0, 0.05) is 44.4 Å². The van der Waals surface area contributed by atoms with E-state index >= 15 is 0 Å². The largest absolute Gasteiger partial charge is 0.309 e. The Labute approximate surface area is 552 Å². The molecule has 22 rings (SSSR count). The zero-order valence-electron chi connectivity index (χ0n) is 52.1. The molecule has 0 saturated carbocycles. The third-order valence-corrected chi connectivity index (χ3v) is 21.7. The first-order valence-electron chi connectivity index (χ1n) is 33.5. The fourth-order valence-electron chi connectivity index (χ4n) is 17.5. The van der Waals surface area contributed by atoms with E-state index in [1.54, 1.807) is 0 Å². The van der Waals surface area contributed by atoms with Gasteiger partial charge in [-0.3, -0.25) is 0 Å². The highest BCUT2D eigenvalue weighted by Gasteiger charge is 2.32. The van der Waals surface area contributed by atoms with Crippen LogP contribution in [-0.4, -0.2) is 9.13 Å². The van der Waals surface area contributed by atoms with Crippen molar-refractivity contribution >= 4 is 119 Å². The molecule has 0 bridgehead atoms. The maximum Gasteiger partial charge on any atom is 0.0626 e. The highest BCUT2D eigenvalue weighted by molar-refractivity contribution is 6.30. The molecule has 0 N–H and O–H groups in total. The second-order valence-corrected chi connectivity index (χ2v) is 26.5. The van der Waals surface area contributed by atoms with Crippen molar-refractivity contribution in [2.45, 2.75) is 0 Å². The average molecular weight is 1210 g/mol. The van der Waals surface area contributed by atoms with Gasteiger partial charge in [0.1, 0.15) is 0 Å². The van der Waals surface area contributed by atoms with Gasteiger partial charge in [-0.05, 0) is 219 Å². The Kier molecular flexibility index (Phi) is 10.5. The topological polar surface area (TPSA) is 9.86 Å².